The van der Waals surface area contributed by atoms with Crippen LogP contribution in [0.15, 0.2) is 53.4 Å². The summed E-state index contributed by atoms with van der Waals surface area (Å²) in [5, 5.41) is 14.8. The van der Waals surface area contributed by atoms with Gasteiger partial charge in [-0.1, -0.05) is 35.5 Å². The number of nitrogens with zero attached hydrogens (tertiary/aromatic N) is 4. The second-order valence-electron chi connectivity index (χ2n) is 4.82. The Hall–Kier alpha value is -2.96. The fourth-order valence-electron chi connectivity index (χ4n) is 2.17. The maximum atomic E-state index is 12.4. The predicted molar refractivity (Wildman–Crippen MR) is 77.9 cm³/mol. The molecule has 2 heterocycles. The molecule has 22 heavy (non-hydrogen) atoms. The van der Waals surface area contributed by atoms with Gasteiger partial charge in [-0.3, -0.25) is 4.79 Å². The number of aryl methyl sites for hydroxylation is 1. The summed E-state index contributed by atoms with van der Waals surface area (Å²) >= 11 is 0. The molecule has 112 valence electrons. The van der Waals surface area contributed by atoms with E-state index in [0.29, 0.717) is 17.9 Å². The molecule has 3 rings (SSSR count). The Labute approximate surface area is 126 Å². The number of carbonyl (C=O) groups is 1. The van der Waals surface area contributed by atoms with Gasteiger partial charge in [0.25, 0.3) is 5.91 Å². The lowest BCUT2D eigenvalue weighted by Crippen LogP contribution is -2.32. The summed E-state index contributed by atoms with van der Waals surface area (Å²) in [7, 11) is 0. The van der Waals surface area contributed by atoms with E-state index >= 15 is 0 Å². The third-order valence-electron chi connectivity index (χ3n) is 3.32. The standard InChI is InChI=1S/C15H15N5O2/c1-11-13(9-18-22-11)15(21)19-14(10-20-16-7-8-17-20)12-5-3-2-4-6-12/h2-9,14H,10H2,1H3,(H,19,21). The van der Waals surface area contributed by atoms with Crippen molar-refractivity contribution in [1.82, 2.24) is 25.5 Å². The van der Waals surface area contributed by atoms with Gasteiger partial charge in [-0.15, -0.1) is 0 Å². The number of aromatic nitrogens is 4. The molecule has 0 spiro atoms. The topological polar surface area (TPSA) is 85.8 Å². The Bertz CT molecular complexity index is 736. The van der Waals surface area contributed by atoms with Crippen molar-refractivity contribution in [2.24, 2.45) is 0 Å². The molecule has 0 aliphatic carbocycles. The molecule has 0 saturated heterocycles. The van der Waals surface area contributed by atoms with Gasteiger partial charge < -0.3 is 9.84 Å². The molecule has 1 amide bonds. The van der Waals surface area contributed by atoms with Crippen molar-refractivity contribution < 1.29 is 9.32 Å². The normalized spacial score (nSPS) is 12.0. The predicted octanol–water partition coefficient (Wildman–Crippen LogP) is 1.75. The van der Waals surface area contributed by atoms with E-state index in [4.69, 9.17) is 4.52 Å². The van der Waals surface area contributed by atoms with E-state index in [2.05, 4.69) is 20.7 Å². The second-order valence-corrected chi connectivity index (χ2v) is 4.82. The van der Waals surface area contributed by atoms with Gasteiger partial charge in [0.15, 0.2) is 0 Å². The van der Waals surface area contributed by atoms with Crippen LogP contribution in [0.1, 0.15) is 27.7 Å². The number of hydrogen-bond acceptors (Lipinski definition) is 5. The maximum absolute atomic E-state index is 12.4. The van der Waals surface area contributed by atoms with Crippen molar-refractivity contribution in [3.05, 3.63) is 65.8 Å². The zero-order chi connectivity index (χ0) is 15.4. The number of benzene rings is 1. The molecule has 0 aliphatic heterocycles. The average molecular weight is 297 g/mol. The van der Waals surface area contributed by atoms with Gasteiger partial charge in [0, 0.05) is 0 Å². The van der Waals surface area contributed by atoms with Crippen LogP contribution < -0.4 is 5.32 Å². The Balaban J connectivity index is 1.82. The second kappa shape index (κ2) is 6.21. The molecular formula is C15H15N5O2. The Kier molecular flexibility index (Phi) is 3.95. The highest BCUT2D eigenvalue weighted by atomic mass is 16.5. The first-order chi connectivity index (χ1) is 10.7. The van der Waals surface area contributed by atoms with Gasteiger partial charge in [0.1, 0.15) is 11.3 Å². The minimum absolute atomic E-state index is 0.236. The van der Waals surface area contributed by atoms with E-state index in [1.165, 1.54) is 6.20 Å². The Morgan fingerprint density at radius 2 is 2.00 bits per heavy atom. The van der Waals surface area contributed by atoms with E-state index in [9.17, 15) is 4.79 Å². The van der Waals surface area contributed by atoms with Crippen molar-refractivity contribution in [3.8, 4) is 0 Å². The van der Waals surface area contributed by atoms with Crippen molar-refractivity contribution in [2.75, 3.05) is 0 Å². The molecule has 1 atom stereocenters. The van der Waals surface area contributed by atoms with Gasteiger partial charge >= 0.3 is 0 Å². The van der Waals surface area contributed by atoms with Crippen molar-refractivity contribution in [1.29, 1.82) is 0 Å². The highest BCUT2D eigenvalue weighted by Gasteiger charge is 2.19. The summed E-state index contributed by atoms with van der Waals surface area (Å²) in [5.74, 6) is 0.251. The first-order valence-electron chi connectivity index (χ1n) is 6.85. The first-order valence-corrected chi connectivity index (χ1v) is 6.85. The zero-order valence-corrected chi connectivity index (χ0v) is 12.0. The summed E-state index contributed by atoms with van der Waals surface area (Å²) < 4.78 is 4.94. The van der Waals surface area contributed by atoms with Crippen LogP contribution in [0.3, 0.4) is 0 Å². The van der Waals surface area contributed by atoms with E-state index < -0.39 is 0 Å². The molecule has 1 aromatic carbocycles. The summed E-state index contributed by atoms with van der Waals surface area (Å²) in [4.78, 5) is 13.9. The minimum atomic E-state index is -0.254. The van der Waals surface area contributed by atoms with Crippen LogP contribution in [-0.4, -0.2) is 26.1 Å². The van der Waals surface area contributed by atoms with Gasteiger partial charge in [-0.25, -0.2) is 0 Å². The lowest BCUT2D eigenvalue weighted by molar-refractivity contribution is 0.0929. The molecular weight excluding hydrogens is 282 g/mol. The Morgan fingerprint density at radius 3 is 2.64 bits per heavy atom. The third-order valence-corrected chi connectivity index (χ3v) is 3.32. The third kappa shape index (κ3) is 3.03. The molecule has 0 radical (unpaired) electrons. The minimum Gasteiger partial charge on any atom is -0.361 e. The van der Waals surface area contributed by atoms with Crippen LogP contribution >= 0.6 is 0 Å². The maximum Gasteiger partial charge on any atom is 0.257 e. The van der Waals surface area contributed by atoms with E-state index in [-0.39, 0.29) is 11.9 Å². The van der Waals surface area contributed by atoms with Crippen LogP contribution in [0, 0.1) is 6.92 Å². The van der Waals surface area contributed by atoms with Crippen LogP contribution in [0.4, 0.5) is 0 Å². The fraction of sp³-hybridized carbons (Fsp3) is 0.200. The van der Waals surface area contributed by atoms with Crippen molar-refractivity contribution in [3.63, 3.8) is 0 Å². The van der Waals surface area contributed by atoms with Gasteiger partial charge in [0.2, 0.25) is 0 Å². The molecule has 0 fully saturated rings. The van der Waals surface area contributed by atoms with E-state index in [1.807, 2.05) is 30.3 Å². The number of carbonyl (C=O) groups excluding carboxylic acids is 1. The largest absolute Gasteiger partial charge is 0.361 e. The number of amides is 1. The van der Waals surface area contributed by atoms with Gasteiger partial charge in [-0.05, 0) is 12.5 Å². The van der Waals surface area contributed by atoms with Crippen LogP contribution in [0.5, 0.6) is 0 Å². The van der Waals surface area contributed by atoms with Crippen molar-refractivity contribution in [2.45, 2.75) is 19.5 Å². The highest BCUT2D eigenvalue weighted by molar-refractivity contribution is 5.94. The molecule has 0 saturated carbocycles. The average Bonchev–Trinajstić information content (AvgIpc) is 3.19. The summed E-state index contributed by atoms with van der Waals surface area (Å²) in [5.41, 5.74) is 1.40. The fourth-order valence-corrected chi connectivity index (χ4v) is 2.17. The summed E-state index contributed by atoms with van der Waals surface area (Å²) in [6.07, 6.45) is 4.63. The zero-order valence-electron chi connectivity index (χ0n) is 12.0. The number of nitrogens with one attached hydrogen (secondary N) is 1. The highest BCUT2D eigenvalue weighted by Crippen LogP contribution is 2.16. The molecule has 2 aromatic heterocycles. The molecule has 7 heteroatoms. The number of hydrogen-bond donors (Lipinski definition) is 1. The van der Waals surface area contributed by atoms with E-state index in [0.717, 1.165) is 5.56 Å². The molecule has 0 aliphatic rings. The monoisotopic (exact) mass is 297 g/mol. The molecule has 1 N–H and O–H groups in total. The van der Waals surface area contributed by atoms with Gasteiger partial charge in [-0.2, -0.15) is 15.0 Å². The Morgan fingerprint density at radius 1 is 1.27 bits per heavy atom. The smallest absolute Gasteiger partial charge is 0.257 e. The summed E-state index contributed by atoms with van der Waals surface area (Å²) in [6, 6.07) is 9.43. The van der Waals surface area contributed by atoms with Crippen LogP contribution in [0.2, 0.25) is 0 Å². The van der Waals surface area contributed by atoms with E-state index in [1.54, 1.807) is 24.1 Å². The van der Waals surface area contributed by atoms with Crippen LogP contribution in [-0.2, 0) is 6.54 Å². The summed E-state index contributed by atoms with van der Waals surface area (Å²) in [6.45, 7) is 2.14. The molecule has 1 unspecified atom stereocenters. The first kappa shape index (κ1) is 14.0. The number of rotatable bonds is 5. The van der Waals surface area contributed by atoms with Gasteiger partial charge in [0.05, 0.1) is 31.2 Å². The molecule has 3 aromatic rings. The quantitative estimate of drug-likeness (QED) is 0.775. The van der Waals surface area contributed by atoms with Crippen molar-refractivity contribution >= 4 is 5.91 Å². The molecule has 0 bridgehead atoms. The lowest BCUT2D eigenvalue weighted by atomic mass is 10.1. The lowest BCUT2D eigenvalue weighted by Gasteiger charge is -2.18. The molecule has 7 nitrogen and oxygen atoms in total. The SMILES string of the molecule is Cc1oncc1C(=O)NC(Cn1nccn1)c1ccccc1. The van der Waals surface area contributed by atoms with Crippen LogP contribution in [0.25, 0.3) is 0 Å².